The summed E-state index contributed by atoms with van der Waals surface area (Å²) in [5.74, 6) is -0.288. The summed E-state index contributed by atoms with van der Waals surface area (Å²) in [5, 5.41) is 14.6. The van der Waals surface area contributed by atoms with E-state index in [0.29, 0.717) is 27.3 Å². The zero-order valence-electron chi connectivity index (χ0n) is 15.4. The number of hydrogen-bond donors (Lipinski definition) is 2. The highest BCUT2D eigenvalue weighted by atomic mass is 35.5. The minimum Gasteiger partial charge on any atom is -0.345 e. The van der Waals surface area contributed by atoms with Gasteiger partial charge in [-0.3, -0.25) is 9.59 Å². The summed E-state index contributed by atoms with van der Waals surface area (Å²) < 4.78 is 14.6. The van der Waals surface area contributed by atoms with E-state index in [1.165, 1.54) is 36.0 Å². The molecule has 0 aliphatic carbocycles. The van der Waals surface area contributed by atoms with Gasteiger partial charge in [-0.15, -0.1) is 10.2 Å². The maximum absolute atomic E-state index is 12.9. The number of anilines is 1. The minimum absolute atomic E-state index is 0.139. The van der Waals surface area contributed by atoms with E-state index < -0.39 is 5.82 Å². The molecule has 2 amide bonds. The van der Waals surface area contributed by atoms with Crippen LogP contribution in [-0.2, 0) is 18.4 Å². The molecule has 0 aliphatic heterocycles. The Morgan fingerprint density at radius 1 is 1.17 bits per heavy atom. The number of rotatable bonds is 7. The van der Waals surface area contributed by atoms with E-state index in [4.69, 9.17) is 11.6 Å². The number of carbonyl (C=O) groups is 2. The second-order valence-corrected chi connectivity index (χ2v) is 7.37. The summed E-state index contributed by atoms with van der Waals surface area (Å²) in [4.78, 5) is 24.2. The van der Waals surface area contributed by atoms with Crippen LogP contribution >= 0.6 is 23.4 Å². The minimum atomic E-state index is -0.407. The molecule has 1 heterocycles. The molecule has 0 aliphatic rings. The van der Waals surface area contributed by atoms with Crippen LogP contribution in [0.5, 0.6) is 0 Å². The second-order valence-electron chi connectivity index (χ2n) is 5.99. The molecule has 3 rings (SSSR count). The van der Waals surface area contributed by atoms with Gasteiger partial charge in [0, 0.05) is 23.3 Å². The molecular weight excluding hydrogens is 417 g/mol. The van der Waals surface area contributed by atoms with Gasteiger partial charge in [-0.2, -0.15) is 0 Å². The van der Waals surface area contributed by atoms with Gasteiger partial charge >= 0.3 is 0 Å². The molecular formula is C19H17ClFN5O2S. The first-order chi connectivity index (χ1) is 13.9. The SMILES string of the molecule is Cn1c(CNC(=O)c2ccc(F)cc2)nnc1SCC(=O)Nc1cccc(Cl)c1. The van der Waals surface area contributed by atoms with Gasteiger partial charge in [-0.05, 0) is 42.5 Å². The number of halogens is 2. The Morgan fingerprint density at radius 2 is 1.93 bits per heavy atom. The van der Waals surface area contributed by atoms with Crippen molar-refractivity contribution in [2.45, 2.75) is 11.7 Å². The molecule has 0 bridgehead atoms. The van der Waals surface area contributed by atoms with Gasteiger partial charge in [-0.1, -0.05) is 29.4 Å². The zero-order valence-corrected chi connectivity index (χ0v) is 16.9. The van der Waals surface area contributed by atoms with Gasteiger partial charge in [-0.25, -0.2) is 4.39 Å². The zero-order chi connectivity index (χ0) is 20.8. The summed E-state index contributed by atoms with van der Waals surface area (Å²) in [6.07, 6.45) is 0. The number of nitrogens with one attached hydrogen (secondary N) is 2. The standard InChI is InChI=1S/C19H17ClFN5O2S/c1-26-16(10-22-18(28)12-5-7-14(21)8-6-12)24-25-19(26)29-11-17(27)23-15-4-2-3-13(20)9-15/h2-9H,10-11H2,1H3,(H,22,28)(H,23,27). The summed E-state index contributed by atoms with van der Waals surface area (Å²) in [6.45, 7) is 0.148. The lowest BCUT2D eigenvalue weighted by Gasteiger charge is -2.07. The van der Waals surface area contributed by atoms with Gasteiger partial charge in [0.15, 0.2) is 11.0 Å². The van der Waals surface area contributed by atoms with Crippen LogP contribution in [0, 0.1) is 5.82 Å². The molecule has 0 saturated heterocycles. The van der Waals surface area contributed by atoms with Crippen molar-refractivity contribution in [3.05, 3.63) is 70.8 Å². The van der Waals surface area contributed by atoms with Crippen LogP contribution in [0.2, 0.25) is 5.02 Å². The predicted octanol–water partition coefficient (Wildman–Crippen LogP) is 3.27. The van der Waals surface area contributed by atoms with Crippen molar-refractivity contribution in [2.75, 3.05) is 11.1 Å². The lowest BCUT2D eigenvalue weighted by molar-refractivity contribution is -0.113. The lowest BCUT2D eigenvalue weighted by Crippen LogP contribution is -2.24. The maximum Gasteiger partial charge on any atom is 0.251 e. The molecule has 10 heteroatoms. The number of benzene rings is 2. The van der Waals surface area contributed by atoms with E-state index in [0.717, 1.165) is 0 Å². The fraction of sp³-hybridized carbons (Fsp3) is 0.158. The van der Waals surface area contributed by atoms with Crippen molar-refractivity contribution in [1.82, 2.24) is 20.1 Å². The van der Waals surface area contributed by atoms with Gasteiger partial charge in [0.1, 0.15) is 5.82 Å². The Morgan fingerprint density at radius 3 is 2.66 bits per heavy atom. The quantitative estimate of drug-likeness (QED) is 0.558. The van der Waals surface area contributed by atoms with Crippen molar-refractivity contribution in [3.8, 4) is 0 Å². The Balaban J connectivity index is 1.51. The molecule has 0 fully saturated rings. The van der Waals surface area contributed by atoms with Crippen molar-refractivity contribution < 1.29 is 14.0 Å². The van der Waals surface area contributed by atoms with Crippen LogP contribution in [-0.4, -0.2) is 32.3 Å². The number of thioether (sulfide) groups is 1. The van der Waals surface area contributed by atoms with Gasteiger partial charge in [0.25, 0.3) is 5.91 Å². The lowest BCUT2D eigenvalue weighted by atomic mass is 10.2. The number of hydrogen-bond acceptors (Lipinski definition) is 5. The molecule has 2 N–H and O–H groups in total. The van der Waals surface area contributed by atoms with Crippen molar-refractivity contribution in [1.29, 1.82) is 0 Å². The van der Waals surface area contributed by atoms with Crippen LogP contribution in [0.1, 0.15) is 16.2 Å². The third-order valence-electron chi connectivity index (χ3n) is 3.88. The molecule has 0 atom stereocenters. The summed E-state index contributed by atoms with van der Waals surface area (Å²) in [5.41, 5.74) is 0.964. The molecule has 1 aromatic heterocycles. The molecule has 3 aromatic rings. The Kier molecular flexibility index (Phi) is 6.84. The van der Waals surface area contributed by atoms with E-state index in [1.807, 2.05) is 0 Å². The van der Waals surface area contributed by atoms with E-state index >= 15 is 0 Å². The van der Waals surface area contributed by atoms with Gasteiger partial charge < -0.3 is 15.2 Å². The average molecular weight is 434 g/mol. The molecule has 29 heavy (non-hydrogen) atoms. The predicted molar refractivity (Wildman–Crippen MR) is 109 cm³/mol. The largest absolute Gasteiger partial charge is 0.345 e. The van der Waals surface area contributed by atoms with Gasteiger partial charge in [0.2, 0.25) is 5.91 Å². The van der Waals surface area contributed by atoms with E-state index in [9.17, 15) is 14.0 Å². The molecule has 2 aromatic carbocycles. The van der Waals surface area contributed by atoms with E-state index in [1.54, 1.807) is 35.9 Å². The molecule has 7 nitrogen and oxygen atoms in total. The Bertz CT molecular complexity index is 1030. The normalized spacial score (nSPS) is 10.6. The Hall–Kier alpha value is -2.91. The molecule has 0 spiro atoms. The van der Waals surface area contributed by atoms with Crippen LogP contribution in [0.4, 0.5) is 10.1 Å². The number of amides is 2. The van der Waals surface area contributed by atoms with Crippen LogP contribution in [0.15, 0.2) is 53.7 Å². The summed E-state index contributed by atoms with van der Waals surface area (Å²) in [7, 11) is 1.75. The van der Waals surface area contributed by atoms with Crippen molar-refractivity contribution in [3.63, 3.8) is 0 Å². The van der Waals surface area contributed by atoms with E-state index in [-0.39, 0.29) is 24.1 Å². The number of carbonyl (C=O) groups excluding carboxylic acids is 2. The van der Waals surface area contributed by atoms with Crippen LogP contribution < -0.4 is 10.6 Å². The van der Waals surface area contributed by atoms with Crippen LogP contribution in [0.25, 0.3) is 0 Å². The summed E-state index contributed by atoms with van der Waals surface area (Å²) in [6, 6.07) is 12.1. The third kappa shape index (κ3) is 5.78. The molecule has 0 radical (unpaired) electrons. The first-order valence-electron chi connectivity index (χ1n) is 8.52. The topological polar surface area (TPSA) is 88.9 Å². The number of aromatic nitrogens is 3. The second kappa shape index (κ2) is 9.53. The highest BCUT2D eigenvalue weighted by Gasteiger charge is 2.13. The first kappa shape index (κ1) is 20.8. The summed E-state index contributed by atoms with van der Waals surface area (Å²) >= 11 is 7.12. The van der Waals surface area contributed by atoms with Gasteiger partial charge in [0.05, 0.1) is 12.3 Å². The van der Waals surface area contributed by atoms with Crippen molar-refractivity contribution in [2.24, 2.45) is 7.05 Å². The molecule has 150 valence electrons. The smallest absolute Gasteiger partial charge is 0.251 e. The third-order valence-corrected chi connectivity index (χ3v) is 5.13. The van der Waals surface area contributed by atoms with Crippen molar-refractivity contribution >= 4 is 40.9 Å². The average Bonchev–Trinajstić information content (AvgIpc) is 3.04. The van der Waals surface area contributed by atoms with E-state index in [2.05, 4.69) is 20.8 Å². The van der Waals surface area contributed by atoms with Crippen LogP contribution in [0.3, 0.4) is 0 Å². The Labute approximate surface area is 175 Å². The number of nitrogens with zero attached hydrogens (tertiary/aromatic N) is 3. The highest BCUT2D eigenvalue weighted by Crippen LogP contribution is 2.18. The highest BCUT2D eigenvalue weighted by molar-refractivity contribution is 7.99. The molecule has 0 saturated carbocycles. The fourth-order valence-electron chi connectivity index (χ4n) is 2.38. The molecule has 0 unspecified atom stereocenters. The maximum atomic E-state index is 12.9. The fourth-order valence-corrected chi connectivity index (χ4v) is 3.30. The first-order valence-corrected chi connectivity index (χ1v) is 9.89. The monoisotopic (exact) mass is 433 g/mol.